The lowest BCUT2D eigenvalue weighted by Gasteiger charge is -2.33. The number of aryl methyl sites for hydroxylation is 1. The Morgan fingerprint density at radius 2 is 1.71 bits per heavy atom. The predicted molar refractivity (Wildman–Crippen MR) is 130 cm³/mol. The molecule has 6 nitrogen and oxygen atoms in total. The van der Waals surface area contributed by atoms with Gasteiger partial charge in [0.05, 0.1) is 19.1 Å². The second kappa shape index (κ2) is 11.7. The van der Waals surface area contributed by atoms with Gasteiger partial charge in [-0.25, -0.2) is 0 Å². The quantitative estimate of drug-likeness (QED) is 0.458. The molecule has 3 aromatic carbocycles. The number of carboxylic acid groups (broad SMARTS) is 1. The van der Waals surface area contributed by atoms with E-state index in [-0.39, 0.29) is 12.5 Å². The van der Waals surface area contributed by atoms with E-state index in [0.717, 1.165) is 40.3 Å². The van der Waals surface area contributed by atoms with Crippen LogP contribution >= 0.6 is 0 Å². The van der Waals surface area contributed by atoms with Crippen molar-refractivity contribution in [1.29, 1.82) is 0 Å². The molecule has 4 rings (SSSR count). The van der Waals surface area contributed by atoms with Crippen LogP contribution in [-0.4, -0.2) is 42.2 Å². The van der Waals surface area contributed by atoms with E-state index in [9.17, 15) is 4.79 Å². The number of aliphatic carboxylic acids is 1. The Kier molecular flexibility index (Phi) is 8.17. The first-order chi connectivity index (χ1) is 16.6. The highest BCUT2D eigenvalue weighted by Crippen LogP contribution is 2.28. The van der Waals surface area contributed by atoms with Crippen molar-refractivity contribution in [3.05, 3.63) is 95.1 Å². The monoisotopic (exact) mass is 461 g/mol. The molecule has 0 bridgehead atoms. The van der Waals surface area contributed by atoms with E-state index >= 15 is 0 Å². The van der Waals surface area contributed by atoms with Gasteiger partial charge < -0.3 is 19.3 Å². The molecule has 1 aliphatic heterocycles. The second-order valence-electron chi connectivity index (χ2n) is 8.53. The minimum absolute atomic E-state index is 0.0601. The summed E-state index contributed by atoms with van der Waals surface area (Å²) in [5, 5.41) is 8.95. The lowest BCUT2D eigenvalue weighted by atomic mass is 10.0. The molecule has 1 heterocycles. The molecule has 0 saturated carbocycles. The van der Waals surface area contributed by atoms with Crippen LogP contribution in [0.1, 0.15) is 34.8 Å². The number of hydrogen-bond donors (Lipinski definition) is 1. The van der Waals surface area contributed by atoms with Crippen molar-refractivity contribution in [1.82, 2.24) is 4.90 Å². The number of ether oxygens (including phenoxy) is 3. The first-order valence-corrected chi connectivity index (χ1v) is 11.6. The largest absolute Gasteiger partial charge is 0.489 e. The van der Waals surface area contributed by atoms with Crippen molar-refractivity contribution in [2.75, 3.05) is 26.2 Å². The first kappa shape index (κ1) is 23.8. The number of benzene rings is 3. The number of hydrogen-bond acceptors (Lipinski definition) is 5. The fourth-order valence-electron chi connectivity index (χ4n) is 4.08. The molecular weight excluding hydrogens is 430 g/mol. The zero-order chi connectivity index (χ0) is 23.8. The summed E-state index contributed by atoms with van der Waals surface area (Å²) in [4.78, 5) is 13.0. The summed E-state index contributed by atoms with van der Waals surface area (Å²) in [6.07, 6.45) is 0.0896. The number of morpholine rings is 1. The topological polar surface area (TPSA) is 68.2 Å². The molecule has 1 saturated heterocycles. The maximum atomic E-state index is 10.9. The van der Waals surface area contributed by atoms with Crippen molar-refractivity contribution >= 4 is 5.97 Å². The molecule has 1 atom stereocenters. The third kappa shape index (κ3) is 6.83. The average molecular weight is 462 g/mol. The third-order valence-electron chi connectivity index (χ3n) is 5.93. The summed E-state index contributed by atoms with van der Waals surface area (Å²) in [5.74, 6) is 0.850. The van der Waals surface area contributed by atoms with Crippen LogP contribution in [0.2, 0.25) is 0 Å². The molecule has 0 amide bonds. The minimum atomic E-state index is -0.769. The molecule has 1 N–H and O–H groups in total. The van der Waals surface area contributed by atoms with E-state index in [4.69, 9.17) is 19.3 Å². The summed E-state index contributed by atoms with van der Waals surface area (Å²) < 4.78 is 17.9. The Balaban J connectivity index is 1.32. The zero-order valence-electron chi connectivity index (χ0n) is 19.5. The van der Waals surface area contributed by atoms with Gasteiger partial charge in [0.15, 0.2) is 0 Å². The number of rotatable bonds is 10. The van der Waals surface area contributed by atoms with Gasteiger partial charge in [-0.2, -0.15) is 0 Å². The predicted octanol–water partition coefficient (Wildman–Crippen LogP) is 5.00. The Hall–Kier alpha value is -3.35. The van der Waals surface area contributed by atoms with E-state index in [0.29, 0.717) is 32.9 Å². The molecule has 1 fully saturated rings. The number of nitrogens with zero attached hydrogens (tertiary/aromatic N) is 1. The van der Waals surface area contributed by atoms with Gasteiger partial charge in [0, 0.05) is 19.6 Å². The SMILES string of the molecule is Cc1cc(OCc2cccc(OCc3ccccc3)c2)ccc1C1CN(CCC(=O)O)CCO1. The van der Waals surface area contributed by atoms with Crippen molar-refractivity contribution < 1.29 is 24.1 Å². The fourth-order valence-corrected chi connectivity index (χ4v) is 4.08. The Labute approximate surface area is 200 Å². The molecule has 0 aromatic heterocycles. The third-order valence-corrected chi connectivity index (χ3v) is 5.93. The van der Waals surface area contributed by atoms with Crippen LogP contribution in [0.25, 0.3) is 0 Å². The molecule has 178 valence electrons. The van der Waals surface area contributed by atoms with Crippen LogP contribution in [0, 0.1) is 6.92 Å². The Bertz CT molecular complexity index is 1090. The summed E-state index contributed by atoms with van der Waals surface area (Å²) in [5.41, 5.74) is 4.38. The molecule has 1 aliphatic rings. The van der Waals surface area contributed by atoms with Gasteiger partial charge in [0.25, 0.3) is 0 Å². The smallest absolute Gasteiger partial charge is 0.304 e. The maximum absolute atomic E-state index is 10.9. The molecule has 34 heavy (non-hydrogen) atoms. The summed E-state index contributed by atoms with van der Waals surface area (Å²) in [7, 11) is 0. The van der Waals surface area contributed by atoms with Crippen LogP contribution in [-0.2, 0) is 22.7 Å². The van der Waals surface area contributed by atoms with Crippen molar-refractivity contribution in [2.24, 2.45) is 0 Å². The van der Waals surface area contributed by atoms with Gasteiger partial charge in [0.1, 0.15) is 24.7 Å². The van der Waals surface area contributed by atoms with Crippen molar-refractivity contribution in [3.63, 3.8) is 0 Å². The van der Waals surface area contributed by atoms with Gasteiger partial charge in [-0.1, -0.05) is 48.5 Å². The minimum Gasteiger partial charge on any atom is -0.489 e. The van der Waals surface area contributed by atoms with E-state index in [1.54, 1.807) is 0 Å². The van der Waals surface area contributed by atoms with Crippen LogP contribution in [0.15, 0.2) is 72.8 Å². The van der Waals surface area contributed by atoms with Crippen LogP contribution < -0.4 is 9.47 Å². The average Bonchev–Trinajstić information content (AvgIpc) is 2.86. The van der Waals surface area contributed by atoms with Crippen LogP contribution in [0.3, 0.4) is 0 Å². The molecule has 3 aromatic rings. The molecule has 0 radical (unpaired) electrons. The highest BCUT2D eigenvalue weighted by Gasteiger charge is 2.23. The van der Waals surface area contributed by atoms with E-state index < -0.39 is 5.97 Å². The standard InChI is InChI=1S/C28H31NO5/c1-21-16-25(10-11-26(21)27-18-29(14-15-32-27)13-12-28(30)31)34-20-23-8-5-9-24(17-23)33-19-22-6-3-2-4-7-22/h2-11,16-17,27H,12-15,18-20H2,1H3,(H,30,31). The van der Waals surface area contributed by atoms with Gasteiger partial charge in [-0.3, -0.25) is 9.69 Å². The lowest BCUT2D eigenvalue weighted by Crippen LogP contribution is -2.39. The van der Waals surface area contributed by atoms with Crippen LogP contribution in [0.4, 0.5) is 0 Å². The maximum Gasteiger partial charge on any atom is 0.304 e. The fraction of sp³-hybridized carbons (Fsp3) is 0.321. The van der Waals surface area contributed by atoms with Crippen molar-refractivity contribution in [2.45, 2.75) is 32.7 Å². The molecule has 0 spiro atoms. The zero-order valence-corrected chi connectivity index (χ0v) is 19.5. The molecule has 0 aliphatic carbocycles. The molecule has 6 heteroatoms. The number of carboxylic acids is 1. The molecular formula is C28H31NO5. The van der Waals surface area contributed by atoms with Crippen LogP contribution in [0.5, 0.6) is 11.5 Å². The summed E-state index contributed by atoms with van der Waals surface area (Å²) in [6, 6.07) is 24.1. The number of carbonyl (C=O) groups is 1. The second-order valence-corrected chi connectivity index (χ2v) is 8.53. The van der Waals surface area contributed by atoms with E-state index in [1.807, 2.05) is 66.7 Å². The van der Waals surface area contributed by atoms with Gasteiger partial charge in [0.2, 0.25) is 0 Å². The summed E-state index contributed by atoms with van der Waals surface area (Å²) in [6.45, 7) is 5.64. The van der Waals surface area contributed by atoms with E-state index in [2.05, 4.69) is 17.9 Å². The van der Waals surface area contributed by atoms with Gasteiger partial charge >= 0.3 is 5.97 Å². The highest BCUT2D eigenvalue weighted by molar-refractivity contribution is 5.66. The first-order valence-electron chi connectivity index (χ1n) is 11.6. The Morgan fingerprint density at radius 3 is 2.47 bits per heavy atom. The van der Waals surface area contributed by atoms with Gasteiger partial charge in [-0.15, -0.1) is 0 Å². The van der Waals surface area contributed by atoms with Crippen molar-refractivity contribution in [3.8, 4) is 11.5 Å². The normalized spacial score (nSPS) is 16.2. The Morgan fingerprint density at radius 1 is 0.971 bits per heavy atom. The molecule has 1 unspecified atom stereocenters. The highest BCUT2D eigenvalue weighted by atomic mass is 16.5. The van der Waals surface area contributed by atoms with Gasteiger partial charge in [-0.05, 0) is 53.4 Å². The van der Waals surface area contributed by atoms with E-state index in [1.165, 1.54) is 0 Å². The lowest BCUT2D eigenvalue weighted by molar-refractivity contribution is -0.137. The summed E-state index contributed by atoms with van der Waals surface area (Å²) >= 11 is 0.